The number of amides is 1. The summed E-state index contributed by atoms with van der Waals surface area (Å²) in [7, 11) is 0. The second-order valence-electron chi connectivity index (χ2n) is 7.85. The molecule has 4 heterocycles. The summed E-state index contributed by atoms with van der Waals surface area (Å²) in [6.07, 6.45) is 4.65. The van der Waals surface area contributed by atoms with Crippen molar-refractivity contribution in [3.63, 3.8) is 0 Å². The lowest BCUT2D eigenvalue weighted by molar-refractivity contribution is -0.121. The van der Waals surface area contributed by atoms with Crippen molar-refractivity contribution in [2.45, 2.75) is 12.8 Å². The van der Waals surface area contributed by atoms with Crippen molar-refractivity contribution in [2.75, 3.05) is 56.7 Å². The summed E-state index contributed by atoms with van der Waals surface area (Å²) in [6, 6.07) is 1.50. The highest BCUT2D eigenvalue weighted by Crippen LogP contribution is 2.30. The number of anilines is 2. The van der Waals surface area contributed by atoms with Crippen LogP contribution in [-0.4, -0.2) is 66.9 Å². The topological polar surface area (TPSA) is 110 Å². The minimum atomic E-state index is -0.756. The highest BCUT2D eigenvalue weighted by atomic mass is 35.5. The van der Waals surface area contributed by atoms with Gasteiger partial charge in [0.15, 0.2) is 0 Å². The van der Waals surface area contributed by atoms with Gasteiger partial charge >= 0.3 is 0 Å². The van der Waals surface area contributed by atoms with Crippen molar-refractivity contribution in [1.29, 1.82) is 0 Å². The standard InChI is InChI=1S/C21H26ClFN6O3/c22-16-10-26-17(29-21(30)14-9-24-3-6-32-12-14)7-15(16)19-20(23)27-11-18(28-19)25-8-13-1-4-31-5-2-13/h7,10-11,13-14,24H,1-6,8-9,12H2,(H,25,28)(H,26,29,30). The molecule has 2 fully saturated rings. The number of rotatable bonds is 6. The number of hydrogen-bond donors (Lipinski definition) is 3. The third kappa shape index (κ3) is 5.89. The smallest absolute Gasteiger partial charge is 0.239 e. The Balaban J connectivity index is 1.49. The molecule has 0 saturated carbocycles. The Morgan fingerprint density at radius 1 is 1.19 bits per heavy atom. The number of carbonyl (C=O) groups is 1. The molecular formula is C21H26ClFN6O3. The third-order valence-corrected chi connectivity index (χ3v) is 5.81. The molecular weight excluding hydrogens is 439 g/mol. The summed E-state index contributed by atoms with van der Waals surface area (Å²) < 4.78 is 25.4. The first-order valence-corrected chi connectivity index (χ1v) is 11.1. The maximum absolute atomic E-state index is 14.6. The van der Waals surface area contributed by atoms with Gasteiger partial charge in [0.1, 0.15) is 17.3 Å². The Morgan fingerprint density at radius 3 is 2.88 bits per heavy atom. The Kier molecular flexibility index (Phi) is 7.80. The summed E-state index contributed by atoms with van der Waals surface area (Å²) in [5.41, 5.74) is 0.288. The van der Waals surface area contributed by atoms with E-state index in [0.29, 0.717) is 50.1 Å². The second-order valence-corrected chi connectivity index (χ2v) is 8.25. The first kappa shape index (κ1) is 22.8. The molecule has 2 aromatic rings. The number of hydrogen-bond acceptors (Lipinski definition) is 8. The maximum atomic E-state index is 14.6. The van der Waals surface area contributed by atoms with Gasteiger partial charge in [0, 0.05) is 44.6 Å². The molecule has 0 spiro atoms. The highest BCUT2D eigenvalue weighted by molar-refractivity contribution is 6.33. The van der Waals surface area contributed by atoms with Crippen molar-refractivity contribution in [1.82, 2.24) is 20.3 Å². The van der Waals surface area contributed by atoms with Crippen LogP contribution in [0.15, 0.2) is 18.5 Å². The van der Waals surface area contributed by atoms with E-state index in [0.717, 1.165) is 26.1 Å². The lowest BCUT2D eigenvalue weighted by Crippen LogP contribution is -2.33. The molecule has 4 rings (SSSR count). The summed E-state index contributed by atoms with van der Waals surface area (Å²) >= 11 is 6.29. The Labute approximate surface area is 190 Å². The van der Waals surface area contributed by atoms with Crippen LogP contribution in [0.3, 0.4) is 0 Å². The molecule has 2 aliphatic heterocycles. The number of nitrogens with one attached hydrogen (secondary N) is 3. The molecule has 0 bridgehead atoms. The lowest BCUT2D eigenvalue weighted by atomic mass is 10.0. The number of aromatic nitrogens is 3. The zero-order valence-electron chi connectivity index (χ0n) is 17.6. The minimum Gasteiger partial charge on any atom is -0.381 e. The second kappa shape index (κ2) is 11.0. The molecule has 2 saturated heterocycles. The van der Waals surface area contributed by atoms with Crippen molar-refractivity contribution < 1.29 is 18.7 Å². The minimum absolute atomic E-state index is 0.00987. The van der Waals surface area contributed by atoms with Gasteiger partial charge in [0.2, 0.25) is 11.9 Å². The zero-order valence-corrected chi connectivity index (χ0v) is 18.3. The predicted molar refractivity (Wildman–Crippen MR) is 118 cm³/mol. The van der Waals surface area contributed by atoms with Gasteiger partial charge < -0.3 is 25.4 Å². The van der Waals surface area contributed by atoms with E-state index in [-0.39, 0.29) is 28.4 Å². The fraction of sp³-hybridized carbons (Fsp3) is 0.524. The van der Waals surface area contributed by atoms with Crippen LogP contribution < -0.4 is 16.0 Å². The normalized spacial score (nSPS) is 19.9. The van der Waals surface area contributed by atoms with Crippen molar-refractivity contribution >= 4 is 29.1 Å². The number of nitrogens with zero attached hydrogens (tertiary/aromatic N) is 3. The lowest BCUT2D eigenvalue weighted by Gasteiger charge is -2.22. The van der Waals surface area contributed by atoms with Crippen LogP contribution in [0.1, 0.15) is 12.8 Å². The average Bonchev–Trinajstić information content (AvgIpc) is 3.10. The molecule has 2 aromatic heterocycles. The maximum Gasteiger partial charge on any atom is 0.239 e. The van der Waals surface area contributed by atoms with E-state index in [4.69, 9.17) is 21.1 Å². The fourth-order valence-electron chi connectivity index (χ4n) is 3.62. The van der Waals surface area contributed by atoms with Gasteiger partial charge in [-0.05, 0) is 24.8 Å². The monoisotopic (exact) mass is 464 g/mol. The van der Waals surface area contributed by atoms with Gasteiger partial charge in [-0.15, -0.1) is 0 Å². The average molecular weight is 465 g/mol. The van der Waals surface area contributed by atoms with Crippen LogP contribution in [-0.2, 0) is 14.3 Å². The van der Waals surface area contributed by atoms with Crippen LogP contribution in [0.2, 0.25) is 5.02 Å². The van der Waals surface area contributed by atoms with Crippen molar-refractivity contribution in [3.05, 3.63) is 29.4 Å². The molecule has 0 radical (unpaired) electrons. The van der Waals surface area contributed by atoms with Gasteiger partial charge in [-0.1, -0.05) is 11.6 Å². The fourth-order valence-corrected chi connectivity index (χ4v) is 3.81. The third-order valence-electron chi connectivity index (χ3n) is 5.51. The molecule has 9 nitrogen and oxygen atoms in total. The molecule has 1 atom stereocenters. The van der Waals surface area contributed by atoms with E-state index in [1.807, 2.05) is 0 Å². The van der Waals surface area contributed by atoms with Crippen LogP contribution in [0, 0.1) is 17.8 Å². The molecule has 32 heavy (non-hydrogen) atoms. The first-order chi connectivity index (χ1) is 15.6. The van der Waals surface area contributed by atoms with Gasteiger partial charge in [0.25, 0.3) is 0 Å². The zero-order chi connectivity index (χ0) is 22.3. The predicted octanol–water partition coefficient (Wildman–Crippen LogP) is 2.34. The summed E-state index contributed by atoms with van der Waals surface area (Å²) in [4.78, 5) is 24.9. The molecule has 172 valence electrons. The van der Waals surface area contributed by atoms with Crippen LogP contribution >= 0.6 is 11.6 Å². The summed E-state index contributed by atoms with van der Waals surface area (Å²) in [6.45, 7) is 4.28. The van der Waals surface area contributed by atoms with E-state index in [2.05, 4.69) is 30.9 Å². The van der Waals surface area contributed by atoms with Gasteiger partial charge in [-0.3, -0.25) is 4.79 Å². The van der Waals surface area contributed by atoms with E-state index < -0.39 is 5.95 Å². The molecule has 11 heteroatoms. The quantitative estimate of drug-likeness (QED) is 0.597. The molecule has 1 unspecified atom stereocenters. The number of ether oxygens (including phenoxy) is 2. The van der Waals surface area contributed by atoms with Crippen LogP contribution in [0.25, 0.3) is 11.3 Å². The Hall–Kier alpha value is -2.40. The van der Waals surface area contributed by atoms with Gasteiger partial charge in [-0.2, -0.15) is 4.39 Å². The molecule has 0 aromatic carbocycles. The van der Waals surface area contributed by atoms with E-state index in [9.17, 15) is 9.18 Å². The van der Waals surface area contributed by atoms with Crippen LogP contribution in [0.4, 0.5) is 16.0 Å². The highest BCUT2D eigenvalue weighted by Gasteiger charge is 2.22. The van der Waals surface area contributed by atoms with Crippen molar-refractivity contribution in [3.8, 4) is 11.3 Å². The molecule has 2 aliphatic rings. The summed E-state index contributed by atoms with van der Waals surface area (Å²) in [5, 5.41) is 9.33. The van der Waals surface area contributed by atoms with Crippen molar-refractivity contribution in [2.24, 2.45) is 11.8 Å². The largest absolute Gasteiger partial charge is 0.381 e. The Morgan fingerprint density at radius 2 is 2.03 bits per heavy atom. The first-order valence-electron chi connectivity index (χ1n) is 10.7. The van der Waals surface area contributed by atoms with E-state index >= 15 is 0 Å². The summed E-state index contributed by atoms with van der Waals surface area (Å²) in [5.74, 6) is -0.180. The molecule has 3 N–H and O–H groups in total. The van der Waals surface area contributed by atoms with E-state index in [1.54, 1.807) is 0 Å². The van der Waals surface area contributed by atoms with Gasteiger partial charge in [0.05, 0.1) is 30.4 Å². The Bertz CT molecular complexity index is 936. The van der Waals surface area contributed by atoms with Crippen LogP contribution in [0.5, 0.6) is 0 Å². The van der Waals surface area contributed by atoms with E-state index in [1.165, 1.54) is 18.5 Å². The molecule has 0 aliphatic carbocycles. The number of pyridine rings is 1. The number of carbonyl (C=O) groups excluding carboxylic acids is 1. The SMILES string of the molecule is O=C(Nc1cc(-c2nc(NCC3CCOCC3)cnc2F)c(Cl)cn1)C1CNCCOC1. The van der Waals surface area contributed by atoms with Gasteiger partial charge in [-0.25, -0.2) is 15.0 Å². The molecule has 1 amide bonds. The number of halogens is 2.